The number of hydrogen-bond acceptors (Lipinski definition) is 5. The lowest BCUT2D eigenvalue weighted by atomic mass is 10.0. The highest BCUT2D eigenvalue weighted by atomic mass is 19.1. The summed E-state index contributed by atoms with van der Waals surface area (Å²) >= 11 is 0. The molecule has 0 spiro atoms. The molecule has 0 N–H and O–H groups in total. The van der Waals surface area contributed by atoms with Crippen molar-refractivity contribution in [3.63, 3.8) is 0 Å². The van der Waals surface area contributed by atoms with Gasteiger partial charge in [-0.25, -0.2) is 9.37 Å². The molecule has 3 aromatic rings. The first-order chi connectivity index (χ1) is 13.2. The Labute approximate surface area is 156 Å². The molecule has 1 amide bonds. The van der Waals surface area contributed by atoms with Crippen LogP contribution in [0.1, 0.15) is 52.9 Å². The van der Waals surface area contributed by atoms with E-state index in [2.05, 4.69) is 15.2 Å². The van der Waals surface area contributed by atoms with E-state index in [0.717, 1.165) is 24.8 Å². The van der Waals surface area contributed by atoms with E-state index in [1.807, 2.05) is 6.07 Å². The van der Waals surface area contributed by atoms with Gasteiger partial charge in [-0.05, 0) is 43.0 Å². The first kappa shape index (κ1) is 17.3. The van der Waals surface area contributed by atoms with Crippen molar-refractivity contribution < 1.29 is 13.6 Å². The van der Waals surface area contributed by atoms with E-state index in [4.69, 9.17) is 4.42 Å². The molecule has 1 saturated heterocycles. The average molecular weight is 366 g/mol. The third kappa shape index (κ3) is 3.86. The molecule has 1 aliphatic rings. The lowest BCUT2D eigenvalue weighted by Crippen LogP contribution is -2.38. The lowest BCUT2D eigenvalue weighted by molar-refractivity contribution is 0.0569. The largest absolute Gasteiger partial charge is 0.443 e. The fourth-order valence-electron chi connectivity index (χ4n) is 3.42. The Hall–Kier alpha value is -3.09. The normalized spacial score (nSPS) is 17.1. The number of rotatable bonds is 4. The first-order valence-corrected chi connectivity index (χ1v) is 8.97. The SMILES string of the molecule is O=C(c1ccnnc1)N1CCCC[C@H]1c1ncc(Cc2cccc(F)c2)o1. The highest BCUT2D eigenvalue weighted by molar-refractivity contribution is 5.94. The molecule has 1 fully saturated rings. The van der Waals surface area contributed by atoms with Gasteiger partial charge < -0.3 is 9.32 Å². The molecule has 1 atom stereocenters. The maximum Gasteiger partial charge on any atom is 0.256 e. The highest BCUT2D eigenvalue weighted by Crippen LogP contribution is 2.32. The van der Waals surface area contributed by atoms with Gasteiger partial charge in [0.25, 0.3) is 5.91 Å². The molecule has 0 unspecified atom stereocenters. The third-order valence-corrected chi connectivity index (χ3v) is 4.72. The molecule has 3 heterocycles. The molecule has 0 saturated carbocycles. The Bertz CT molecular complexity index is 928. The smallest absolute Gasteiger partial charge is 0.256 e. The topological polar surface area (TPSA) is 72.1 Å². The minimum atomic E-state index is -0.276. The Balaban J connectivity index is 1.54. The fraction of sp³-hybridized carbons (Fsp3) is 0.300. The van der Waals surface area contributed by atoms with E-state index in [9.17, 15) is 9.18 Å². The zero-order valence-corrected chi connectivity index (χ0v) is 14.7. The molecular weight excluding hydrogens is 347 g/mol. The summed E-state index contributed by atoms with van der Waals surface area (Å²) in [5.41, 5.74) is 1.32. The van der Waals surface area contributed by atoms with Crippen LogP contribution in [0.2, 0.25) is 0 Å². The van der Waals surface area contributed by atoms with Gasteiger partial charge in [0.2, 0.25) is 5.89 Å². The minimum absolute atomic E-state index is 0.0977. The second kappa shape index (κ2) is 7.65. The molecule has 6 nitrogen and oxygen atoms in total. The van der Waals surface area contributed by atoms with Crippen LogP contribution in [0.5, 0.6) is 0 Å². The van der Waals surface area contributed by atoms with E-state index in [1.165, 1.54) is 24.5 Å². The molecule has 138 valence electrons. The van der Waals surface area contributed by atoms with Gasteiger partial charge in [-0.1, -0.05) is 12.1 Å². The van der Waals surface area contributed by atoms with Crippen LogP contribution >= 0.6 is 0 Å². The van der Waals surface area contributed by atoms with Crippen LogP contribution in [-0.4, -0.2) is 32.5 Å². The fourth-order valence-corrected chi connectivity index (χ4v) is 3.42. The van der Waals surface area contributed by atoms with Gasteiger partial charge >= 0.3 is 0 Å². The molecule has 1 aliphatic heterocycles. The Morgan fingerprint density at radius 2 is 2.15 bits per heavy atom. The summed E-state index contributed by atoms with van der Waals surface area (Å²) in [6.45, 7) is 0.646. The Kier molecular flexibility index (Phi) is 4.91. The molecule has 2 aromatic heterocycles. The van der Waals surface area contributed by atoms with Crippen molar-refractivity contribution in [1.29, 1.82) is 0 Å². The van der Waals surface area contributed by atoms with Gasteiger partial charge in [-0.15, -0.1) is 0 Å². The molecule has 4 rings (SSSR count). The number of carbonyl (C=O) groups excluding carboxylic acids is 1. The summed E-state index contributed by atoms with van der Waals surface area (Å²) in [7, 11) is 0. The van der Waals surface area contributed by atoms with E-state index in [1.54, 1.807) is 23.2 Å². The average Bonchev–Trinajstić information content (AvgIpc) is 3.16. The molecule has 0 bridgehead atoms. The maximum atomic E-state index is 13.4. The van der Waals surface area contributed by atoms with Crippen molar-refractivity contribution >= 4 is 5.91 Å². The zero-order valence-electron chi connectivity index (χ0n) is 14.7. The second-order valence-corrected chi connectivity index (χ2v) is 6.61. The van der Waals surface area contributed by atoms with Crippen LogP contribution in [0.3, 0.4) is 0 Å². The summed E-state index contributed by atoms with van der Waals surface area (Å²) in [5, 5.41) is 7.51. The van der Waals surface area contributed by atoms with Crippen LogP contribution in [0.25, 0.3) is 0 Å². The van der Waals surface area contributed by atoms with Crippen molar-refractivity contribution in [2.24, 2.45) is 0 Å². The number of amides is 1. The van der Waals surface area contributed by atoms with Crippen molar-refractivity contribution in [3.8, 4) is 0 Å². The van der Waals surface area contributed by atoms with Crippen LogP contribution < -0.4 is 0 Å². The predicted octanol–water partition coefficient (Wildman–Crippen LogP) is 3.56. The Morgan fingerprint density at radius 3 is 2.96 bits per heavy atom. The first-order valence-electron chi connectivity index (χ1n) is 8.97. The standard InChI is InChI=1S/C20H19FN4O2/c21-16-5-3-4-14(10-16)11-17-13-22-19(27-17)18-6-1-2-9-25(18)20(26)15-7-8-23-24-12-15/h3-5,7-8,10,12-13,18H,1-2,6,9,11H2/t18-/m0/s1. The van der Waals surface area contributed by atoms with Crippen LogP contribution in [-0.2, 0) is 6.42 Å². The highest BCUT2D eigenvalue weighted by Gasteiger charge is 2.32. The predicted molar refractivity (Wildman–Crippen MR) is 95.4 cm³/mol. The Morgan fingerprint density at radius 1 is 1.22 bits per heavy atom. The van der Waals surface area contributed by atoms with Crippen molar-refractivity contribution in [2.45, 2.75) is 31.7 Å². The number of piperidine rings is 1. The van der Waals surface area contributed by atoms with Gasteiger partial charge in [0.05, 0.1) is 24.2 Å². The minimum Gasteiger partial charge on any atom is -0.443 e. The van der Waals surface area contributed by atoms with Gasteiger partial charge in [-0.2, -0.15) is 10.2 Å². The third-order valence-electron chi connectivity index (χ3n) is 4.72. The summed E-state index contributed by atoms with van der Waals surface area (Å²) in [6.07, 6.45) is 7.84. The summed E-state index contributed by atoms with van der Waals surface area (Å²) in [4.78, 5) is 19.1. The number of aromatic nitrogens is 3. The summed E-state index contributed by atoms with van der Waals surface area (Å²) in [6, 6.07) is 7.86. The second-order valence-electron chi connectivity index (χ2n) is 6.61. The number of carbonyl (C=O) groups is 1. The van der Waals surface area contributed by atoms with Gasteiger partial charge in [0.15, 0.2) is 0 Å². The van der Waals surface area contributed by atoms with Gasteiger partial charge in [0.1, 0.15) is 17.6 Å². The molecule has 0 aliphatic carbocycles. The van der Waals surface area contributed by atoms with Crippen molar-refractivity contribution in [2.75, 3.05) is 6.54 Å². The van der Waals surface area contributed by atoms with E-state index >= 15 is 0 Å². The van der Waals surface area contributed by atoms with E-state index in [-0.39, 0.29) is 17.8 Å². The molecule has 7 heteroatoms. The quantitative estimate of drug-likeness (QED) is 0.706. The van der Waals surface area contributed by atoms with Crippen molar-refractivity contribution in [1.82, 2.24) is 20.1 Å². The van der Waals surface area contributed by atoms with E-state index in [0.29, 0.717) is 30.2 Å². The monoisotopic (exact) mass is 366 g/mol. The van der Waals surface area contributed by atoms with Gasteiger partial charge in [-0.3, -0.25) is 4.79 Å². The number of hydrogen-bond donors (Lipinski definition) is 0. The number of nitrogens with zero attached hydrogens (tertiary/aromatic N) is 4. The van der Waals surface area contributed by atoms with E-state index < -0.39 is 0 Å². The maximum absolute atomic E-state index is 13.4. The van der Waals surface area contributed by atoms with Crippen molar-refractivity contribution in [3.05, 3.63) is 77.5 Å². The molecule has 1 aromatic carbocycles. The number of oxazole rings is 1. The summed E-state index contributed by atoms with van der Waals surface area (Å²) < 4.78 is 19.3. The van der Waals surface area contributed by atoms with Crippen LogP contribution in [0, 0.1) is 5.82 Å². The zero-order chi connectivity index (χ0) is 18.6. The van der Waals surface area contributed by atoms with Gasteiger partial charge in [0, 0.05) is 13.0 Å². The number of halogens is 1. The van der Waals surface area contributed by atoms with Crippen LogP contribution in [0.15, 0.2) is 53.3 Å². The number of likely N-dealkylation sites (tertiary alicyclic amines) is 1. The number of benzene rings is 1. The lowest BCUT2D eigenvalue weighted by Gasteiger charge is -2.33. The summed E-state index contributed by atoms with van der Waals surface area (Å²) in [5.74, 6) is 0.803. The van der Waals surface area contributed by atoms with Crippen LogP contribution in [0.4, 0.5) is 4.39 Å². The molecular formula is C20H19FN4O2. The molecule has 27 heavy (non-hydrogen) atoms. The molecule has 0 radical (unpaired) electrons.